The molecular formula is C12H8IN3. The Kier molecular flexibility index (Phi) is 2.36. The predicted octanol–water partition coefficient (Wildman–Crippen LogP) is 3.23. The highest BCUT2D eigenvalue weighted by Crippen LogP contribution is 2.19. The van der Waals surface area contributed by atoms with Gasteiger partial charge in [0, 0.05) is 15.3 Å². The van der Waals surface area contributed by atoms with Gasteiger partial charge >= 0.3 is 0 Å². The van der Waals surface area contributed by atoms with Crippen LogP contribution in [0.1, 0.15) is 0 Å². The number of H-pyrrole nitrogens is 1. The van der Waals surface area contributed by atoms with Crippen molar-refractivity contribution in [2.24, 2.45) is 0 Å². The number of aromatic nitrogens is 3. The van der Waals surface area contributed by atoms with Crippen molar-refractivity contribution in [2.45, 2.75) is 0 Å². The van der Waals surface area contributed by atoms with Gasteiger partial charge in [-0.1, -0.05) is 12.1 Å². The molecule has 0 amide bonds. The lowest BCUT2D eigenvalue weighted by Crippen LogP contribution is -1.80. The van der Waals surface area contributed by atoms with Crippen LogP contribution in [0.5, 0.6) is 0 Å². The number of benzene rings is 1. The number of aromatic amines is 1. The quantitative estimate of drug-likeness (QED) is 0.699. The van der Waals surface area contributed by atoms with E-state index in [0.29, 0.717) is 0 Å². The fourth-order valence-electron chi connectivity index (χ4n) is 1.59. The van der Waals surface area contributed by atoms with Crippen molar-refractivity contribution < 1.29 is 0 Å². The van der Waals surface area contributed by atoms with Crippen molar-refractivity contribution in [1.29, 1.82) is 0 Å². The molecule has 1 aromatic carbocycles. The van der Waals surface area contributed by atoms with E-state index < -0.39 is 0 Å². The number of hydrogen-bond donors (Lipinski definition) is 1. The van der Waals surface area contributed by atoms with E-state index in [1.807, 2.05) is 12.1 Å². The summed E-state index contributed by atoms with van der Waals surface area (Å²) in [6.07, 6.45) is 1.76. The predicted molar refractivity (Wildman–Crippen MR) is 72.0 cm³/mol. The topological polar surface area (TPSA) is 41.6 Å². The fourth-order valence-corrected chi connectivity index (χ4v) is 1.95. The summed E-state index contributed by atoms with van der Waals surface area (Å²) in [5.74, 6) is 0.866. The largest absolute Gasteiger partial charge is 0.323 e. The minimum Gasteiger partial charge on any atom is -0.323 e. The van der Waals surface area contributed by atoms with Crippen molar-refractivity contribution in [3.63, 3.8) is 0 Å². The number of rotatable bonds is 1. The molecular weight excluding hydrogens is 313 g/mol. The Morgan fingerprint density at radius 3 is 2.62 bits per heavy atom. The Labute approximate surface area is 106 Å². The maximum absolute atomic E-state index is 4.49. The molecule has 0 fully saturated rings. The number of fused-ring (bicyclic) bond motifs is 1. The third-order valence-corrected chi connectivity index (χ3v) is 3.09. The SMILES string of the molecule is Ic1ccc(-c2nc3cccnc3[nH]2)cc1. The summed E-state index contributed by atoms with van der Waals surface area (Å²) in [5.41, 5.74) is 2.81. The van der Waals surface area contributed by atoms with Crippen molar-refractivity contribution in [1.82, 2.24) is 15.0 Å². The normalized spacial score (nSPS) is 10.8. The van der Waals surface area contributed by atoms with Crippen LogP contribution < -0.4 is 0 Å². The third kappa shape index (κ3) is 1.69. The van der Waals surface area contributed by atoms with Crippen LogP contribution in [0.15, 0.2) is 42.6 Å². The lowest BCUT2D eigenvalue weighted by Gasteiger charge is -1.95. The molecule has 2 aromatic heterocycles. The first kappa shape index (κ1) is 9.77. The lowest BCUT2D eigenvalue weighted by molar-refractivity contribution is 1.30. The van der Waals surface area contributed by atoms with Gasteiger partial charge in [-0.05, 0) is 46.9 Å². The van der Waals surface area contributed by atoms with Gasteiger partial charge in [0.05, 0.1) is 0 Å². The van der Waals surface area contributed by atoms with Crippen molar-refractivity contribution in [3.05, 3.63) is 46.2 Å². The van der Waals surface area contributed by atoms with Gasteiger partial charge < -0.3 is 4.98 Å². The molecule has 0 aliphatic carbocycles. The summed E-state index contributed by atoms with van der Waals surface area (Å²) in [7, 11) is 0. The molecule has 0 atom stereocenters. The zero-order valence-corrected chi connectivity index (χ0v) is 10.5. The van der Waals surface area contributed by atoms with Crippen LogP contribution in [0.25, 0.3) is 22.6 Å². The number of pyridine rings is 1. The molecule has 3 nitrogen and oxygen atoms in total. The van der Waals surface area contributed by atoms with Gasteiger partial charge in [0.1, 0.15) is 11.3 Å². The van der Waals surface area contributed by atoms with Gasteiger partial charge in [-0.2, -0.15) is 0 Å². The Morgan fingerprint density at radius 1 is 1.06 bits per heavy atom. The molecule has 0 radical (unpaired) electrons. The third-order valence-electron chi connectivity index (χ3n) is 2.37. The number of nitrogens with one attached hydrogen (secondary N) is 1. The van der Waals surface area contributed by atoms with Crippen LogP contribution >= 0.6 is 22.6 Å². The second kappa shape index (κ2) is 3.86. The van der Waals surface area contributed by atoms with Gasteiger partial charge in [0.15, 0.2) is 5.65 Å². The van der Waals surface area contributed by atoms with E-state index in [4.69, 9.17) is 0 Å². The standard InChI is InChI=1S/C12H8IN3/c13-9-5-3-8(4-6-9)11-15-10-2-1-7-14-12(10)16-11/h1-7H,(H,14,15,16). The zero-order chi connectivity index (χ0) is 11.0. The van der Waals surface area contributed by atoms with Gasteiger partial charge in [0.25, 0.3) is 0 Å². The van der Waals surface area contributed by atoms with Crippen LogP contribution in [-0.4, -0.2) is 15.0 Å². The molecule has 4 heteroatoms. The van der Waals surface area contributed by atoms with E-state index in [9.17, 15) is 0 Å². The van der Waals surface area contributed by atoms with Crippen LogP contribution in [0.4, 0.5) is 0 Å². The monoisotopic (exact) mass is 321 g/mol. The molecule has 78 valence electrons. The van der Waals surface area contributed by atoms with Crippen LogP contribution in [0.2, 0.25) is 0 Å². The first-order valence-corrected chi connectivity index (χ1v) is 5.97. The fraction of sp³-hybridized carbons (Fsp3) is 0. The van der Waals surface area contributed by atoms with Crippen molar-refractivity contribution in [2.75, 3.05) is 0 Å². The van der Waals surface area contributed by atoms with Gasteiger partial charge in [0.2, 0.25) is 0 Å². The highest BCUT2D eigenvalue weighted by Gasteiger charge is 2.04. The minimum absolute atomic E-state index is 0.830. The summed E-state index contributed by atoms with van der Waals surface area (Å²) in [6, 6.07) is 12.1. The second-order valence-electron chi connectivity index (χ2n) is 3.46. The Hall–Kier alpha value is -1.43. The zero-order valence-electron chi connectivity index (χ0n) is 8.31. The second-order valence-corrected chi connectivity index (χ2v) is 4.71. The molecule has 3 rings (SSSR count). The number of nitrogens with zero attached hydrogens (tertiary/aromatic N) is 2. The van der Waals surface area contributed by atoms with E-state index in [-0.39, 0.29) is 0 Å². The molecule has 0 unspecified atom stereocenters. The summed E-state index contributed by atoms with van der Waals surface area (Å²) >= 11 is 2.29. The molecule has 1 N–H and O–H groups in total. The summed E-state index contributed by atoms with van der Waals surface area (Å²) < 4.78 is 1.22. The summed E-state index contributed by atoms with van der Waals surface area (Å²) in [5, 5.41) is 0. The van der Waals surface area contributed by atoms with Gasteiger partial charge in [-0.3, -0.25) is 0 Å². The molecule has 3 aromatic rings. The highest BCUT2D eigenvalue weighted by molar-refractivity contribution is 14.1. The van der Waals surface area contributed by atoms with Crippen LogP contribution in [0.3, 0.4) is 0 Å². The molecule has 16 heavy (non-hydrogen) atoms. The lowest BCUT2D eigenvalue weighted by atomic mass is 10.2. The van der Waals surface area contributed by atoms with Gasteiger partial charge in [-0.25, -0.2) is 9.97 Å². The molecule has 2 heterocycles. The van der Waals surface area contributed by atoms with Crippen molar-refractivity contribution in [3.8, 4) is 11.4 Å². The van der Waals surface area contributed by atoms with E-state index >= 15 is 0 Å². The first-order chi connectivity index (χ1) is 7.83. The maximum Gasteiger partial charge on any atom is 0.157 e. The van der Waals surface area contributed by atoms with E-state index in [2.05, 4.69) is 61.8 Å². The van der Waals surface area contributed by atoms with Crippen LogP contribution in [0, 0.1) is 3.57 Å². The molecule has 0 bridgehead atoms. The maximum atomic E-state index is 4.49. The summed E-state index contributed by atoms with van der Waals surface area (Å²) in [4.78, 5) is 11.9. The average Bonchev–Trinajstić information content (AvgIpc) is 2.73. The Bertz CT molecular complexity index is 595. The minimum atomic E-state index is 0.830. The number of hydrogen-bond acceptors (Lipinski definition) is 2. The molecule has 0 saturated carbocycles. The average molecular weight is 321 g/mol. The Balaban J connectivity index is 2.15. The molecule has 0 saturated heterocycles. The Morgan fingerprint density at radius 2 is 1.88 bits per heavy atom. The van der Waals surface area contributed by atoms with Gasteiger partial charge in [-0.15, -0.1) is 0 Å². The molecule has 0 aliphatic heterocycles. The van der Waals surface area contributed by atoms with E-state index in [1.165, 1.54) is 3.57 Å². The molecule has 0 spiro atoms. The number of halogens is 1. The smallest absolute Gasteiger partial charge is 0.157 e. The van der Waals surface area contributed by atoms with Crippen molar-refractivity contribution >= 4 is 33.8 Å². The summed E-state index contributed by atoms with van der Waals surface area (Å²) in [6.45, 7) is 0. The van der Waals surface area contributed by atoms with E-state index in [1.54, 1.807) is 6.20 Å². The molecule has 0 aliphatic rings. The van der Waals surface area contributed by atoms with E-state index in [0.717, 1.165) is 22.6 Å². The highest BCUT2D eigenvalue weighted by atomic mass is 127. The number of imidazole rings is 1. The first-order valence-electron chi connectivity index (χ1n) is 4.89. The van der Waals surface area contributed by atoms with Crippen LogP contribution in [-0.2, 0) is 0 Å².